The number of ether oxygens (including phenoxy) is 1. The second kappa shape index (κ2) is 5.44. The van der Waals surface area contributed by atoms with Gasteiger partial charge in [0.15, 0.2) is 0 Å². The van der Waals surface area contributed by atoms with Crippen molar-refractivity contribution in [1.82, 2.24) is 10.0 Å². The molecule has 2 aliphatic rings. The smallest absolute Gasteiger partial charge is 0.214 e. The van der Waals surface area contributed by atoms with E-state index in [2.05, 4.69) is 10.0 Å². The molecule has 2 heterocycles. The molecule has 0 aromatic heterocycles. The zero-order valence-corrected chi connectivity index (χ0v) is 10.3. The fraction of sp³-hybridized carbons (Fsp3) is 1.00. The third-order valence-electron chi connectivity index (χ3n) is 3.32. The van der Waals surface area contributed by atoms with E-state index in [1.54, 1.807) is 0 Å². The van der Waals surface area contributed by atoms with E-state index < -0.39 is 10.0 Å². The number of nitrogens with one attached hydrogen (secondary N) is 2. The first kappa shape index (κ1) is 12.3. The molecule has 94 valence electrons. The summed E-state index contributed by atoms with van der Waals surface area (Å²) in [7, 11) is -3.12. The van der Waals surface area contributed by atoms with Crippen LogP contribution < -0.4 is 10.0 Å². The normalized spacial score (nSPS) is 28.4. The van der Waals surface area contributed by atoms with Crippen molar-refractivity contribution in [2.24, 2.45) is 5.92 Å². The second-order valence-corrected chi connectivity index (χ2v) is 6.62. The molecule has 1 unspecified atom stereocenters. The van der Waals surface area contributed by atoms with Crippen molar-refractivity contribution in [3.05, 3.63) is 0 Å². The van der Waals surface area contributed by atoms with Gasteiger partial charge >= 0.3 is 0 Å². The van der Waals surface area contributed by atoms with Gasteiger partial charge in [-0.25, -0.2) is 13.1 Å². The molecule has 0 aromatic rings. The fourth-order valence-corrected chi connectivity index (χ4v) is 3.76. The van der Waals surface area contributed by atoms with Gasteiger partial charge in [0.1, 0.15) is 0 Å². The van der Waals surface area contributed by atoms with Crippen LogP contribution in [0, 0.1) is 5.92 Å². The van der Waals surface area contributed by atoms with Crippen LogP contribution in [0.2, 0.25) is 0 Å². The Hall–Kier alpha value is -0.170. The van der Waals surface area contributed by atoms with Gasteiger partial charge in [-0.05, 0) is 38.3 Å². The highest BCUT2D eigenvalue weighted by atomic mass is 32.2. The summed E-state index contributed by atoms with van der Waals surface area (Å²) in [6, 6.07) is 0. The van der Waals surface area contributed by atoms with Crippen molar-refractivity contribution >= 4 is 10.0 Å². The summed E-state index contributed by atoms with van der Waals surface area (Å²) in [6.45, 7) is 3.59. The van der Waals surface area contributed by atoms with Crippen molar-refractivity contribution in [2.45, 2.75) is 24.5 Å². The number of piperidine rings is 1. The lowest BCUT2D eigenvalue weighted by Crippen LogP contribution is -2.43. The topological polar surface area (TPSA) is 67.4 Å². The minimum atomic E-state index is -3.12. The molecule has 2 saturated heterocycles. The molecule has 0 aromatic carbocycles. The molecule has 6 heteroatoms. The summed E-state index contributed by atoms with van der Waals surface area (Å²) in [4.78, 5) is 0. The molecule has 0 bridgehead atoms. The minimum absolute atomic E-state index is 0.212. The average Bonchev–Trinajstić information content (AvgIpc) is 2.81. The fourth-order valence-electron chi connectivity index (χ4n) is 2.20. The molecular formula is C10H20N2O3S. The molecule has 0 radical (unpaired) electrons. The van der Waals surface area contributed by atoms with Crippen LogP contribution in [0.4, 0.5) is 0 Å². The summed E-state index contributed by atoms with van der Waals surface area (Å²) in [5, 5.41) is 2.96. The van der Waals surface area contributed by atoms with Crippen LogP contribution in [0.15, 0.2) is 0 Å². The van der Waals surface area contributed by atoms with Gasteiger partial charge in [0, 0.05) is 13.2 Å². The van der Waals surface area contributed by atoms with E-state index in [0.29, 0.717) is 19.1 Å². The quantitative estimate of drug-likeness (QED) is 0.716. The zero-order valence-electron chi connectivity index (χ0n) is 9.44. The molecule has 16 heavy (non-hydrogen) atoms. The number of hydrogen-bond acceptors (Lipinski definition) is 4. The van der Waals surface area contributed by atoms with Gasteiger partial charge in [-0.15, -0.1) is 0 Å². The van der Waals surface area contributed by atoms with Crippen LogP contribution in [0.25, 0.3) is 0 Å². The van der Waals surface area contributed by atoms with E-state index in [4.69, 9.17) is 4.74 Å². The molecule has 1 atom stereocenters. The second-order valence-electron chi connectivity index (χ2n) is 4.57. The predicted octanol–water partition coefficient (Wildman–Crippen LogP) is -0.306. The first-order valence-electron chi connectivity index (χ1n) is 5.95. The first-order chi connectivity index (χ1) is 7.68. The van der Waals surface area contributed by atoms with Crippen LogP contribution in [0.3, 0.4) is 0 Å². The van der Waals surface area contributed by atoms with Gasteiger partial charge in [-0.2, -0.15) is 0 Å². The Labute approximate surface area is 97.0 Å². The minimum Gasteiger partial charge on any atom is -0.381 e. The first-order valence-corrected chi connectivity index (χ1v) is 7.50. The standard InChI is InChI=1S/C10H20N2O3S/c13-16(14,10-1-4-11-5-2-10)12-7-9-3-6-15-8-9/h9-12H,1-8H2. The third-order valence-corrected chi connectivity index (χ3v) is 5.24. The Kier molecular flexibility index (Phi) is 4.18. The lowest BCUT2D eigenvalue weighted by Gasteiger charge is -2.23. The molecule has 2 aliphatic heterocycles. The van der Waals surface area contributed by atoms with Crippen molar-refractivity contribution in [2.75, 3.05) is 32.8 Å². The SMILES string of the molecule is O=S(=O)(NCC1CCOC1)C1CCNCC1. The number of rotatable bonds is 4. The highest BCUT2D eigenvalue weighted by Crippen LogP contribution is 2.15. The summed E-state index contributed by atoms with van der Waals surface area (Å²) < 4.78 is 31.9. The Balaban J connectivity index is 1.81. The van der Waals surface area contributed by atoms with Gasteiger partial charge in [0.05, 0.1) is 11.9 Å². The molecule has 5 nitrogen and oxygen atoms in total. The Morgan fingerprint density at radius 3 is 2.62 bits per heavy atom. The molecule has 2 N–H and O–H groups in total. The van der Waals surface area contributed by atoms with Gasteiger partial charge in [0.2, 0.25) is 10.0 Å². The van der Waals surface area contributed by atoms with Crippen LogP contribution in [0.5, 0.6) is 0 Å². The van der Waals surface area contributed by atoms with Crippen molar-refractivity contribution in [3.63, 3.8) is 0 Å². The molecule has 2 fully saturated rings. The van der Waals surface area contributed by atoms with E-state index in [9.17, 15) is 8.42 Å². The monoisotopic (exact) mass is 248 g/mol. The highest BCUT2D eigenvalue weighted by molar-refractivity contribution is 7.90. The molecule has 2 rings (SSSR count). The van der Waals surface area contributed by atoms with Gasteiger partial charge < -0.3 is 10.1 Å². The Bertz CT molecular complexity index is 306. The van der Waals surface area contributed by atoms with Gasteiger partial charge in [0.25, 0.3) is 0 Å². The van der Waals surface area contributed by atoms with E-state index in [1.165, 1.54) is 0 Å². The predicted molar refractivity (Wildman–Crippen MR) is 61.7 cm³/mol. The summed E-state index contributed by atoms with van der Waals surface area (Å²) >= 11 is 0. The number of hydrogen-bond donors (Lipinski definition) is 2. The molecule has 0 spiro atoms. The maximum atomic E-state index is 12.0. The summed E-state index contributed by atoms with van der Waals surface area (Å²) in [5.41, 5.74) is 0. The average molecular weight is 248 g/mol. The van der Waals surface area contributed by atoms with E-state index >= 15 is 0 Å². The number of sulfonamides is 1. The lowest BCUT2D eigenvalue weighted by molar-refractivity contribution is 0.186. The van der Waals surface area contributed by atoms with Gasteiger partial charge in [-0.1, -0.05) is 0 Å². The lowest BCUT2D eigenvalue weighted by atomic mass is 10.1. The van der Waals surface area contributed by atoms with Crippen LogP contribution in [0.1, 0.15) is 19.3 Å². The van der Waals surface area contributed by atoms with E-state index in [1.807, 2.05) is 0 Å². The van der Waals surface area contributed by atoms with Crippen LogP contribution in [-0.4, -0.2) is 46.5 Å². The van der Waals surface area contributed by atoms with E-state index in [-0.39, 0.29) is 5.25 Å². The Morgan fingerprint density at radius 1 is 1.25 bits per heavy atom. The van der Waals surface area contributed by atoms with E-state index in [0.717, 1.165) is 39.0 Å². The molecular weight excluding hydrogens is 228 g/mol. The Morgan fingerprint density at radius 2 is 2.00 bits per heavy atom. The maximum absolute atomic E-state index is 12.0. The third kappa shape index (κ3) is 3.16. The highest BCUT2D eigenvalue weighted by Gasteiger charge is 2.28. The molecule has 0 saturated carbocycles. The van der Waals surface area contributed by atoms with Gasteiger partial charge in [-0.3, -0.25) is 0 Å². The molecule has 0 amide bonds. The van der Waals surface area contributed by atoms with Crippen LogP contribution in [-0.2, 0) is 14.8 Å². The van der Waals surface area contributed by atoms with Crippen molar-refractivity contribution in [3.8, 4) is 0 Å². The maximum Gasteiger partial charge on any atom is 0.214 e. The zero-order chi connectivity index (χ0) is 11.4. The molecule has 0 aliphatic carbocycles. The van der Waals surface area contributed by atoms with Crippen molar-refractivity contribution < 1.29 is 13.2 Å². The van der Waals surface area contributed by atoms with Crippen LogP contribution >= 0.6 is 0 Å². The van der Waals surface area contributed by atoms with Crippen molar-refractivity contribution in [1.29, 1.82) is 0 Å². The largest absolute Gasteiger partial charge is 0.381 e. The summed E-state index contributed by atoms with van der Waals surface area (Å²) in [5.74, 6) is 0.358. The summed E-state index contributed by atoms with van der Waals surface area (Å²) in [6.07, 6.45) is 2.40.